The monoisotopic (exact) mass is 341 g/mol. The Kier molecular flexibility index (Phi) is 7.69. The zero-order chi connectivity index (χ0) is 19.0. The lowest BCUT2D eigenvalue weighted by Gasteiger charge is -2.19. The summed E-state index contributed by atoms with van der Waals surface area (Å²) in [6.07, 6.45) is 5.94. The van der Waals surface area contributed by atoms with Crippen molar-refractivity contribution < 1.29 is 9.53 Å². The third kappa shape index (κ3) is 7.42. The maximum Gasteiger partial charge on any atom is 0.326 e. The van der Waals surface area contributed by atoms with Crippen LogP contribution in [0.25, 0.3) is 12.2 Å². The fourth-order valence-electron chi connectivity index (χ4n) is 2.37. The number of hydrogen-bond donors (Lipinski definition) is 0. The van der Waals surface area contributed by atoms with E-state index in [1.165, 1.54) is 11.1 Å². The average Bonchev–Trinajstić information content (AvgIpc) is 2.90. The molecule has 0 unspecified atom stereocenters. The molecule has 0 spiro atoms. The smallest absolute Gasteiger partial charge is 0.326 e. The molecule has 0 aliphatic carbocycles. The molecule has 136 valence electrons. The molecule has 1 heterocycles. The van der Waals surface area contributed by atoms with Gasteiger partial charge in [-0.15, -0.1) is 0 Å². The van der Waals surface area contributed by atoms with Crippen molar-refractivity contribution in [3.05, 3.63) is 58.2 Å². The minimum atomic E-state index is -0.431. The second kappa shape index (κ2) is 9.26. The average molecular weight is 341 g/mol. The first-order valence-corrected chi connectivity index (χ1v) is 8.69. The first kappa shape index (κ1) is 20.8. The number of hydrogen-bond acceptors (Lipinski definition) is 2. The maximum absolute atomic E-state index is 11.7. The molecule has 0 saturated carbocycles. The second-order valence-electron chi connectivity index (χ2n) is 7.10. The Labute approximate surface area is 151 Å². The van der Waals surface area contributed by atoms with E-state index in [-0.39, 0.29) is 12.5 Å². The van der Waals surface area contributed by atoms with Crippen LogP contribution in [-0.2, 0) is 16.1 Å². The number of aryl methyl sites for hydroxylation is 2. The van der Waals surface area contributed by atoms with Crippen molar-refractivity contribution in [2.45, 2.75) is 60.6 Å². The van der Waals surface area contributed by atoms with Crippen LogP contribution < -0.4 is 10.6 Å². The van der Waals surface area contributed by atoms with Gasteiger partial charge in [0.15, 0.2) is 0 Å². The zero-order valence-electron chi connectivity index (χ0n) is 16.6. The van der Waals surface area contributed by atoms with Crippen molar-refractivity contribution in [1.82, 2.24) is 4.57 Å². The molecule has 0 aliphatic rings. The summed E-state index contributed by atoms with van der Waals surface area (Å²) in [4.78, 5) is 11.7. The summed E-state index contributed by atoms with van der Waals surface area (Å²) in [6.45, 7) is 14.0. The third-order valence-electron chi connectivity index (χ3n) is 3.56. The summed E-state index contributed by atoms with van der Waals surface area (Å²) >= 11 is 0. The van der Waals surface area contributed by atoms with E-state index in [1.54, 1.807) is 0 Å². The predicted octanol–water partition coefficient (Wildman–Crippen LogP) is 3.73. The summed E-state index contributed by atoms with van der Waals surface area (Å²) in [5.41, 5.74) is 2.23. The lowest BCUT2D eigenvalue weighted by Crippen LogP contribution is -2.33. The van der Waals surface area contributed by atoms with Crippen molar-refractivity contribution in [2.24, 2.45) is 0 Å². The van der Waals surface area contributed by atoms with Gasteiger partial charge in [-0.3, -0.25) is 4.79 Å². The molecule has 0 atom stereocenters. The lowest BCUT2D eigenvalue weighted by molar-refractivity contribution is -0.155. The van der Waals surface area contributed by atoms with Gasteiger partial charge in [-0.05, 0) is 59.8 Å². The summed E-state index contributed by atoms with van der Waals surface area (Å²) in [7, 11) is 0. The normalized spacial score (nSPS) is 12.6. The van der Waals surface area contributed by atoms with Crippen molar-refractivity contribution in [3.63, 3.8) is 0 Å². The van der Waals surface area contributed by atoms with Gasteiger partial charge in [-0.25, -0.2) is 0 Å². The number of aromatic nitrogens is 1. The van der Waals surface area contributed by atoms with Crippen LogP contribution in [0, 0.1) is 13.8 Å². The van der Waals surface area contributed by atoms with Crippen LogP contribution in [0.2, 0.25) is 0 Å². The first-order chi connectivity index (χ1) is 11.7. The van der Waals surface area contributed by atoms with Crippen molar-refractivity contribution in [3.8, 4) is 0 Å². The predicted molar refractivity (Wildman–Crippen MR) is 106 cm³/mol. The Morgan fingerprint density at radius 2 is 1.52 bits per heavy atom. The first-order valence-electron chi connectivity index (χ1n) is 8.69. The summed E-state index contributed by atoms with van der Waals surface area (Å²) in [6, 6.07) is 10.5. The molecule has 2 aromatic rings. The summed E-state index contributed by atoms with van der Waals surface area (Å²) < 4.78 is 7.21. The standard InChI is InChI=1S/C14H21NO2.C8H10/c1-6-11-8-9-15(12(11)7-2)10-13(16)17-14(3,4)5;1-7-3-5-8(2)6-4-7/h6-9H,10H2,1-5H3;3-6H,1-2H3/b11-6-,12-7+;. The van der Waals surface area contributed by atoms with Crippen LogP contribution in [0.4, 0.5) is 0 Å². The fourth-order valence-corrected chi connectivity index (χ4v) is 2.37. The molecule has 1 aromatic heterocycles. The molecule has 0 fully saturated rings. The van der Waals surface area contributed by atoms with Crippen LogP contribution in [0.3, 0.4) is 0 Å². The van der Waals surface area contributed by atoms with E-state index in [0.717, 1.165) is 10.6 Å². The molecule has 0 N–H and O–H groups in total. The molecular weight excluding hydrogens is 310 g/mol. The van der Waals surface area contributed by atoms with Gasteiger partial charge >= 0.3 is 5.97 Å². The number of carbonyl (C=O) groups is 1. The van der Waals surface area contributed by atoms with Crippen LogP contribution >= 0.6 is 0 Å². The van der Waals surface area contributed by atoms with Crippen molar-refractivity contribution in [1.29, 1.82) is 0 Å². The Balaban J connectivity index is 0.000000324. The van der Waals surface area contributed by atoms with Gasteiger partial charge in [0.1, 0.15) is 12.1 Å². The van der Waals surface area contributed by atoms with E-state index in [2.05, 4.69) is 38.1 Å². The van der Waals surface area contributed by atoms with E-state index < -0.39 is 5.60 Å². The molecule has 0 bridgehead atoms. The largest absolute Gasteiger partial charge is 0.459 e. The molecule has 3 nitrogen and oxygen atoms in total. The zero-order valence-corrected chi connectivity index (χ0v) is 16.6. The molecule has 3 heteroatoms. The van der Waals surface area contributed by atoms with Crippen LogP contribution in [-0.4, -0.2) is 16.1 Å². The molecule has 0 aliphatic heterocycles. The second-order valence-corrected chi connectivity index (χ2v) is 7.10. The number of benzene rings is 1. The maximum atomic E-state index is 11.7. The van der Waals surface area contributed by atoms with Crippen LogP contribution in [0.5, 0.6) is 0 Å². The molecule has 1 aromatic carbocycles. The van der Waals surface area contributed by atoms with Gasteiger partial charge in [0.05, 0.1) is 0 Å². The Bertz CT molecular complexity index is 769. The van der Waals surface area contributed by atoms with E-state index in [1.807, 2.05) is 63.6 Å². The Hall–Kier alpha value is -2.29. The highest BCUT2D eigenvalue weighted by Gasteiger charge is 2.16. The highest BCUT2D eigenvalue weighted by molar-refractivity contribution is 5.69. The molecular formula is C22H31NO2. The van der Waals surface area contributed by atoms with Gasteiger partial charge in [-0.2, -0.15) is 0 Å². The topological polar surface area (TPSA) is 31.2 Å². The van der Waals surface area contributed by atoms with Crippen molar-refractivity contribution >= 4 is 18.1 Å². The Morgan fingerprint density at radius 3 is 1.92 bits per heavy atom. The number of ether oxygens (including phenoxy) is 1. The van der Waals surface area contributed by atoms with E-state index >= 15 is 0 Å². The van der Waals surface area contributed by atoms with Gasteiger partial charge in [-0.1, -0.05) is 47.5 Å². The number of esters is 1. The molecule has 0 saturated heterocycles. The van der Waals surface area contributed by atoms with Gasteiger partial charge in [0.25, 0.3) is 0 Å². The minimum absolute atomic E-state index is 0.209. The molecule has 2 rings (SSSR count). The number of carbonyl (C=O) groups excluding carboxylic acids is 1. The number of nitrogens with zero attached hydrogens (tertiary/aromatic N) is 1. The molecule has 0 amide bonds. The lowest BCUT2D eigenvalue weighted by atomic mass is 10.2. The van der Waals surface area contributed by atoms with Crippen LogP contribution in [0.15, 0.2) is 36.5 Å². The SMILES string of the molecule is C/C=c1/ccn(CC(=O)OC(C)(C)C)/c1=C/C.Cc1ccc(C)cc1. The third-order valence-corrected chi connectivity index (χ3v) is 3.56. The number of rotatable bonds is 2. The summed E-state index contributed by atoms with van der Waals surface area (Å²) in [5.74, 6) is -0.209. The molecule has 0 radical (unpaired) electrons. The molecule has 25 heavy (non-hydrogen) atoms. The van der Waals surface area contributed by atoms with Crippen LogP contribution in [0.1, 0.15) is 45.7 Å². The quantitative estimate of drug-likeness (QED) is 0.779. The van der Waals surface area contributed by atoms with E-state index in [9.17, 15) is 4.79 Å². The Morgan fingerprint density at radius 1 is 1.00 bits per heavy atom. The summed E-state index contributed by atoms with van der Waals surface area (Å²) in [5, 5.41) is 2.19. The fraction of sp³-hybridized carbons (Fsp3) is 0.409. The highest BCUT2D eigenvalue weighted by Crippen LogP contribution is 2.07. The minimum Gasteiger partial charge on any atom is -0.459 e. The van der Waals surface area contributed by atoms with E-state index in [4.69, 9.17) is 4.74 Å². The highest BCUT2D eigenvalue weighted by atomic mass is 16.6. The van der Waals surface area contributed by atoms with Gasteiger partial charge in [0.2, 0.25) is 0 Å². The van der Waals surface area contributed by atoms with Gasteiger partial charge in [0, 0.05) is 11.5 Å². The van der Waals surface area contributed by atoms with Crippen molar-refractivity contribution in [2.75, 3.05) is 0 Å². The van der Waals surface area contributed by atoms with E-state index in [0.29, 0.717) is 0 Å². The van der Waals surface area contributed by atoms with Gasteiger partial charge < -0.3 is 9.30 Å².